The lowest BCUT2D eigenvalue weighted by Crippen LogP contribution is -2.45. The number of aryl methyl sites for hydroxylation is 2. The van der Waals surface area contributed by atoms with E-state index < -0.39 is 5.91 Å². The van der Waals surface area contributed by atoms with Crippen LogP contribution in [0.25, 0.3) is 10.9 Å². The van der Waals surface area contributed by atoms with E-state index in [0.29, 0.717) is 12.0 Å². The van der Waals surface area contributed by atoms with Gasteiger partial charge in [0.1, 0.15) is 5.82 Å². The molecule has 1 aromatic carbocycles. The van der Waals surface area contributed by atoms with Crippen LogP contribution in [0.3, 0.4) is 0 Å². The first kappa shape index (κ1) is 23.7. The molecule has 2 N–H and O–H groups in total. The van der Waals surface area contributed by atoms with Crippen molar-refractivity contribution in [2.45, 2.75) is 58.0 Å². The van der Waals surface area contributed by atoms with E-state index in [1.165, 1.54) is 0 Å². The molecule has 0 saturated carbocycles. The van der Waals surface area contributed by atoms with Crippen molar-refractivity contribution in [3.05, 3.63) is 54.1 Å². The molecule has 0 atom stereocenters. The summed E-state index contributed by atoms with van der Waals surface area (Å²) in [6.07, 6.45) is 10.8. The van der Waals surface area contributed by atoms with Crippen LogP contribution in [0, 0.1) is 0 Å². The zero-order chi connectivity index (χ0) is 24.1. The number of unbranched alkanes of at least 4 members (excludes halogenated alkanes) is 1. The molecule has 3 heterocycles. The molecule has 1 saturated heterocycles. The van der Waals surface area contributed by atoms with Gasteiger partial charge < -0.3 is 20.1 Å². The van der Waals surface area contributed by atoms with E-state index in [1.807, 2.05) is 48.7 Å². The van der Waals surface area contributed by atoms with Crippen molar-refractivity contribution in [2.75, 3.05) is 25.0 Å². The highest BCUT2D eigenvalue weighted by Crippen LogP contribution is 2.22. The van der Waals surface area contributed by atoms with E-state index in [0.717, 1.165) is 74.2 Å². The van der Waals surface area contributed by atoms with Crippen molar-refractivity contribution in [1.82, 2.24) is 19.4 Å². The smallest absolute Gasteiger partial charge is 0.248 e. The van der Waals surface area contributed by atoms with Crippen LogP contribution in [-0.2, 0) is 17.8 Å². The Bertz CT molecular complexity index is 1130. The molecule has 3 aromatic rings. The van der Waals surface area contributed by atoms with Gasteiger partial charge in [-0.1, -0.05) is 13.0 Å². The number of amides is 2. The maximum absolute atomic E-state index is 12.8. The number of nitrogens with two attached hydrogens (primary N) is 1. The SMILES string of the molecule is CCc1cnc(N2CCC(N(C)C(=O)CCCCn3ccc4ccc(C(N)=O)cc43)CC2)cn1. The molecule has 2 amide bonds. The highest BCUT2D eigenvalue weighted by Gasteiger charge is 2.25. The van der Waals surface area contributed by atoms with Gasteiger partial charge in [0, 0.05) is 56.4 Å². The molecule has 0 aliphatic carbocycles. The molecule has 180 valence electrons. The average Bonchev–Trinajstić information content (AvgIpc) is 3.28. The van der Waals surface area contributed by atoms with Crippen molar-refractivity contribution in [2.24, 2.45) is 5.73 Å². The van der Waals surface area contributed by atoms with Gasteiger partial charge in [-0.05, 0) is 55.7 Å². The topological polar surface area (TPSA) is 97.4 Å². The van der Waals surface area contributed by atoms with Crippen LogP contribution in [-0.4, -0.2) is 57.4 Å². The molecule has 0 bridgehead atoms. The molecule has 2 aromatic heterocycles. The van der Waals surface area contributed by atoms with Crippen molar-refractivity contribution >= 4 is 28.5 Å². The lowest BCUT2D eigenvalue weighted by molar-refractivity contribution is -0.132. The molecule has 8 nitrogen and oxygen atoms in total. The van der Waals surface area contributed by atoms with Gasteiger partial charge in [0.25, 0.3) is 0 Å². The maximum atomic E-state index is 12.8. The minimum atomic E-state index is -0.420. The first-order valence-electron chi connectivity index (χ1n) is 12.2. The standard InChI is InChI=1S/C26H34N6O2/c1-3-21-17-29-24(18-28-21)32-14-10-22(11-15-32)30(2)25(33)6-4-5-12-31-13-9-19-7-8-20(26(27)34)16-23(19)31/h7-9,13,16-18,22H,3-6,10-12,14-15H2,1-2H3,(H2,27,34). The number of carbonyl (C=O) groups is 2. The predicted molar refractivity (Wildman–Crippen MR) is 134 cm³/mol. The van der Waals surface area contributed by atoms with E-state index in [1.54, 1.807) is 6.07 Å². The van der Waals surface area contributed by atoms with Gasteiger partial charge in [-0.25, -0.2) is 4.98 Å². The van der Waals surface area contributed by atoms with Crippen molar-refractivity contribution in [3.63, 3.8) is 0 Å². The molecule has 0 spiro atoms. The fraction of sp³-hybridized carbons (Fsp3) is 0.462. The van der Waals surface area contributed by atoms with E-state index in [9.17, 15) is 9.59 Å². The summed E-state index contributed by atoms with van der Waals surface area (Å²) in [6, 6.07) is 7.82. The van der Waals surface area contributed by atoms with Gasteiger partial charge in [-0.3, -0.25) is 14.6 Å². The first-order valence-corrected chi connectivity index (χ1v) is 12.2. The second-order valence-electron chi connectivity index (χ2n) is 9.05. The summed E-state index contributed by atoms with van der Waals surface area (Å²) in [6.45, 7) is 4.65. The number of carbonyl (C=O) groups excluding carboxylic acids is 2. The van der Waals surface area contributed by atoms with Crippen LogP contribution >= 0.6 is 0 Å². The van der Waals surface area contributed by atoms with E-state index in [4.69, 9.17) is 5.73 Å². The Morgan fingerprint density at radius 1 is 1.12 bits per heavy atom. The summed E-state index contributed by atoms with van der Waals surface area (Å²) in [5, 5.41) is 1.08. The largest absolute Gasteiger partial charge is 0.366 e. The van der Waals surface area contributed by atoms with Crippen LogP contribution in [0.15, 0.2) is 42.9 Å². The van der Waals surface area contributed by atoms with Gasteiger partial charge in [0.15, 0.2) is 0 Å². The van der Waals surface area contributed by atoms with E-state index in [-0.39, 0.29) is 11.9 Å². The van der Waals surface area contributed by atoms with Crippen LogP contribution in [0.1, 0.15) is 55.1 Å². The molecular weight excluding hydrogens is 428 g/mol. The molecule has 1 aliphatic heterocycles. The Balaban J connectivity index is 1.22. The molecule has 0 radical (unpaired) electrons. The number of primary amides is 1. The quantitative estimate of drug-likeness (QED) is 0.492. The third-order valence-electron chi connectivity index (χ3n) is 6.88. The zero-order valence-electron chi connectivity index (χ0n) is 20.1. The van der Waals surface area contributed by atoms with Gasteiger partial charge in [-0.15, -0.1) is 0 Å². The van der Waals surface area contributed by atoms with Crippen molar-refractivity contribution < 1.29 is 9.59 Å². The summed E-state index contributed by atoms with van der Waals surface area (Å²) in [7, 11) is 1.93. The number of aromatic nitrogens is 3. The molecular formula is C26H34N6O2. The maximum Gasteiger partial charge on any atom is 0.248 e. The normalized spacial score (nSPS) is 14.5. The fourth-order valence-corrected chi connectivity index (χ4v) is 4.65. The second kappa shape index (κ2) is 10.7. The lowest BCUT2D eigenvalue weighted by atomic mass is 10.0. The minimum Gasteiger partial charge on any atom is -0.366 e. The van der Waals surface area contributed by atoms with Gasteiger partial charge in [0.05, 0.1) is 18.1 Å². The molecule has 1 fully saturated rings. The highest BCUT2D eigenvalue weighted by molar-refractivity contribution is 5.97. The first-order chi connectivity index (χ1) is 16.5. The highest BCUT2D eigenvalue weighted by atomic mass is 16.2. The van der Waals surface area contributed by atoms with E-state index >= 15 is 0 Å². The molecule has 4 rings (SSSR count). The average molecular weight is 463 g/mol. The van der Waals surface area contributed by atoms with Gasteiger partial charge >= 0.3 is 0 Å². The summed E-state index contributed by atoms with van der Waals surface area (Å²) in [5.41, 5.74) is 7.94. The number of piperidine rings is 1. The number of hydrogen-bond acceptors (Lipinski definition) is 5. The van der Waals surface area contributed by atoms with Crippen molar-refractivity contribution in [3.8, 4) is 0 Å². The monoisotopic (exact) mass is 462 g/mol. The van der Waals surface area contributed by atoms with Crippen LogP contribution in [0.5, 0.6) is 0 Å². The third-order valence-corrected chi connectivity index (χ3v) is 6.88. The summed E-state index contributed by atoms with van der Waals surface area (Å²) >= 11 is 0. The van der Waals surface area contributed by atoms with Crippen molar-refractivity contribution in [1.29, 1.82) is 0 Å². The molecule has 0 unspecified atom stereocenters. The molecule has 8 heteroatoms. The Labute approximate surface area is 200 Å². The molecule has 34 heavy (non-hydrogen) atoms. The fourth-order valence-electron chi connectivity index (χ4n) is 4.65. The summed E-state index contributed by atoms with van der Waals surface area (Å²) < 4.78 is 2.13. The number of rotatable bonds is 9. The number of fused-ring (bicyclic) bond motifs is 1. The van der Waals surface area contributed by atoms with Crippen LogP contribution in [0.2, 0.25) is 0 Å². The van der Waals surface area contributed by atoms with Crippen LogP contribution < -0.4 is 10.6 Å². The third kappa shape index (κ3) is 5.38. The number of nitrogens with zero attached hydrogens (tertiary/aromatic N) is 5. The number of benzene rings is 1. The molecule has 1 aliphatic rings. The van der Waals surface area contributed by atoms with E-state index in [2.05, 4.69) is 26.4 Å². The summed E-state index contributed by atoms with van der Waals surface area (Å²) in [4.78, 5) is 37.5. The number of anilines is 1. The Morgan fingerprint density at radius 3 is 2.59 bits per heavy atom. The Hall–Kier alpha value is -3.42. The van der Waals surface area contributed by atoms with Gasteiger partial charge in [0.2, 0.25) is 11.8 Å². The minimum absolute atomic E-state index is 0.207. The van der Waals surface area contributed by atoms with Crippen LogP contribution in [0.4, 0.5) is 5.82 Å². The van der Waals surface area contributed by atoms with Gasteiger partial charge in [-0.2, -0.15) is 0 Å². The zero-order valence-corrected chi connectivity index (χ0v) is 20.1. The predicted octanol–water partition coefficient (Wildman–Crippen LogP) is 3.39. The Kier molecular flexibility index (Phi) is 7.45. The summed E-state index contributed by atoms with van der Waals surface area (Å²) in [5.74, 6) is 0.709. The second-order valence-corrected chi connectivity index (χ2v) is 9.05. The number of hydrogen-bond donors (Lipinski definition) is 1. The Morgan fingerprint density at radius 2 is 1.91 bits per heavy atom. The lowest BCUT2D eigenvalue weighted by Gasteiger charge is -2.37.